The second-order valence-electron chi connectivity index (χ2n) is 12.0. The minimum absolute atomic E-state index is 0.000240. The number of halogens is 2. The average Bonchev–Trinajstić information content (AvgIpc) is 3.63. The van der Waals surface area contributed by atoms with Gasteiger partial charge in [-0.15, -0.1) is 0 Å². The topological polar surface area (TPSA) is 73.2 Å². The SMILES string of the molecule is CCN(C(=O)Cc1ccc(Cl)c(Cl)c1)C1CC[C@@]2(O)[C@H]3Cc4ccc(O)c5c4[C@@]2(CCN3CC2CC2)C1O5. The summed E-state index contributed by atoms with van der Waals surface area (Å²) in [6, 6.07) is 8.88. The molecule has 6 nitrogen and oxygen atoms in total. The molecule has 3 aliphatic carbocycles. The zero-order chi connectivity index (χ0) is 26.4. The molecule has 1 spiro atoms. The average molecular weight is 558 g/mol. The van der Waals surface area contributed by atoms with Crippen LogP contribution in [0.1, 0.15) is 55.7 Å². The molecule has 2 N–H and O–H groups in total. The number of phenols is 1. The maximum atomic E-state index is 13.7. The van der Waals surface area contributed by atoms with E-state index in [-0.39, 0.29) is 30.2 Å². The van der Waals surface area contributed by atoms with Crippen molar-refractivity contribution >= 4 is 29.1 Å². The largest absolute Gasteiger partial charge is 0.504 e. The third-order valence-corrected chi connectivity index (χ3v) is 10.9. The molecule has 38 heavy (non-hydrogen) atoms. The first-order chi connectivity index (χ1) is 18.3. The van der Waals surface area contributed by atoms with Crippen molar-refractivity contribution in [1.82, 2.24) is 9.80 Å². The van der Waals surface area contributed by atoms with E-state index in [9.17, 15) is 15.0 Å². The number of rotatable bonds is 6. The van der Waals surface area contributed by atoms with E-state index in [1.807, 2.05) is 24.0 Å². The summed E-state index contributed by atoms with van der Waals surface area (Å²) in [6.07, 6.45) is 5.15. The lowest BCUT2D eigenvalue weighted by Crippen LogP contribution is -2.78. The van der Waals surface area contributed by atoms with Gasteiger partial charge in [-0.3, -0.25) is 9.69 Å². The van der Waals surface area contributed by atoms with Gasteiger partial charge in [0.1, 0.15) is 6.10 Å². The fraction of sp³-hybridized carbons (Fsp3) is 0.567. The number of nitrogens with zero attached hydrogens (tertiary/aromatic N) is 2. The van der Waals surface area contributed by atoms with Crippen LogP contribution in [0.5, 0.6) is 11.5 Å². The van der Waals surface area contributed by atoms with Gasteiger partial charge in [-0.2, -0.15) is 0 Å². The molecule has 0 aromatic heterocycles. The third-order valence-electron chi connectivity index (χ3n) is 10.1. The molecule has 2 bridgehead atoms. The number of benzene rings is 2. The number of piperidine rings is 1. The van der Waals surface area contributed by atoms with Gasteiger partial charge in [-0.25, -0.2) is 0 Å². The van der Waals surface area contributed by atoms with Crippen LogP contribution in [-0.4, -0.2) is 69.3 Å². The number of aliphatic hydroxyl groups is 1. The molecule has 7 rings (SSSR count). The number of phenolic OH excluding ortho intramolecular Hbond substituents is 1. The van der Waals surface area contributed by atoms with Gasteiger partial charge < -0.3 is 19.8 Å². The van der Waals surface area contributed by atoms with Crippen LogP contribution in [0, 0.1) is 5.92 Å². The number of likely N-dealkylation sites (tertiary alicyclic amines) is 1. The van der Waals surface area contributed by atoms with Gasteiger partial charge in [-0.05, 0) is 87.2 Å². The highest BCUT2D eigenvalue weighted by Crippen LogP contribution is 2.66. The Labute approximate surface area is 233 Å². The van der Waals surface area contributed by atoms with Crippen LogP contribution in [0.2, 0.25) is 10.0 Å². The highest BCUT2D eigenvalue weighted by atomic mass is 35.5. The molecular weight excluding hydrogens is 523 g/mol. The van der Waals surface area contributed by atoms with Crippen molar-refractivity contribution in [3.05, 3.63) is 57.1 Å². The van der Waals surface area contributed by atoms with Crippen LogP contribution in [0.15, 0.2) is 30.3 Å². The van der Waals surface area contributed by atoms with E-state index in [1.54, 1.807) is 18.2 Å². The molecule has 2 unspecified atom stereocenters. The Kier molecular flexibility index (Phi) is 5.76. The van der Waals surface area contributed by atoms with E-state index in [2.05, 4.69) is 4.90 Å². The van der Waals surface area contributed by atoms with Gasteiger partial charge in [-0.1, -0.05) is 35.3 Å². The van der Waals surface area contributed by atoms with Crippen molar-refractivity contribution in [2.75, 3.05) is 19.6 Å². The predicted octanol–water partition coefficient (Wildman–Crippen LogP) is 4.72. The fourth-order valence-electron chi connectivity index (χ4n) is 8.30. The van der Waals surface area contributed by atoms with E-state index in [0.29, 0.717) is 35.2 Å². The van der Waals surface area contributed by atoms with Gasteiger partial charge in [0.2, 0.25) is 5.91 Å². The molecule has 202 valence electrons. The van der Waals surface area contributed by atoms with Crippen molar-refractivity contribution in [1.29, 1.82) is 0 Å². The maximum Gasteiger partial charge on any atom is 0.227 e. The summed E-state index contributed by atoms with van der Waals surface area (Å²) < 4.78 is 6.67. The molecule has 1 amide bonds. The molecule has 2 heterocycles. The van der Waals surface area contributed by atoms with Crippen LogP contribution >= 0.6 is 23.2 Å². The van der Waals surface area contributed by atoms with Crippen molar-refractivity contribution in [2.24, 2.45) is 5.92 Å². The summed E-state index contributed by atoms with van der Waals surface area (Å²) >= 11 is 12.3. The van der Waals surface area contributed by atoms with E-state index >= 15 is 0 Å². The number of aromatic hydroxyl groups is 1. The normalized spacial score (nSPS) is 33.0. The Morgan fingerprint density at radius 3 is 2.71 bits per heavy atom. The number of hydrogen-bond acceptors (Lipinski definition) is 5. The molecule has 1 saturated heterocycles. The molecule has 5 atom stereocenters. The molecule has 2 saturated carbocycles. The van der Waals surface area contributed by atoms with Gasteiger partial charge in [0.05, 0.1) is 33.5 Å². The number of hydrogen-bond donors (Lipinski definition) is 2. The van der Waals surface area contributed by atoms with Crippen LogP contribution in [0.3, 0.4) is 0 Å². The Hall–Kier alpha value is -1.99. The summed E-state index contributed by atoms with van der Waals surface area (Å²) in [7, 11) is 0. The minimum atomic E-state index is -0.959. The first kappa shape index (κ1) is 25.0. The van der Waals surface area contributed by atoms with Gasteiger partial charge >= 0.3 is 0 Å². The van der Waals surface area contributed by atoms with E-state index in [4.69, 9.17) is 27.9 Å². The second kappa shape index (κ2) is 8.76. The zero-order valence-corrected chi connectivity index (χ0v) is 23.1. The number of ether oxygens (including phenoxy) is 1. The maximum absolute atomic E-state index is 13.7. The fourth-order valence-corrected chi connectivity index (χ4v) is 8.62. The summed E-state index contributed by atoms with van der Waals surface area (Å²) in [5, 5.41) is 24.5. The van der Waals surface area contributed by atoms with Crippen LogP contribution in [0.25, 0.3) is 0 Å². The zero-order valence-electron chi connectivity index (χ0n) is 21.6. The molecule has 2 aromatic carbocycles. The smallest absolute Gasteiger partial charge is 0.227 e. The lowest BCUT2D eigenvalue weighted by molar-refractivity contribution is -0.201. The quantitative estimate of drug-likeness (QED) is 0.538. The molecule has 2 aromatic rings. The Morgan fingerprint density at radius 1 is 1.16 bits per heavy atom. The van der Waals surface area contributed by atoms with E-state index < -0.39 is 17.1 Å². The standard InChI is InChI=1S/C30H34Cl2N2O4/c1-2-34(25(36)14-18-5-7-20(31)21(32)13-18)22-9-10-30(37)24-15-19-6-8-23(35)27-26(19)29(30,28(22)38-27)11-12-33(24)16-17-3-4-17/h5-8,13,17,22,24,28,35,37H,2-4,9-12,14-16H2,1H3/t22?,24-,28?,29+,30-/m1/s1. The van der Waals surface area contributed by atoms with Crippen molar-refractivity contribution in [3.8, 4) is 11.5 Å². The third kappa shape index (κ3) is 3.43. The van der Waals surface area contributed by atoms with Crippen LogP contribution in [0.4, 0.5) is 0 Å². The Balaban J connectivity index is 1.27. The number of carbonyl (C=O) groups is 1. The Bertz CT molecular complexity index is 1320. The first-order valence-corrected chi connectivity index (χ1v) is 14.7. The minimum Gasteiger partial charge on any atom is -0.504 e. The van der Waals surface area contributed by atoms with E-state index in [1.165, 1.54) is 18.4 Å². The molecular formula is C30H34Cl2N2O4. The van der Waals surface area contributed by atoms with Gasteiger partial charge in [0.25, 0.3) is 0 Å². The molecule has 3 fully saturated rings. The lowest BCUT2D eigenvalue weighted by Gasteiger charge is -2.65. The van der Waals surface area contributed by atoms with E-state index in [0.717, 1.165) is 43.0 Å². The van der Waals surface area contributed by atoms with Crippen molar-refractivity contribution in [3.63, 3.8) is 0 Å². The molecule has 2 aliphatic heterocycles. The van der Waals surface area contributed by atoms with Crippen LogP contribution < -0.4 is 4.74 Å². The molecule has 0 radical (unpaired) electrons. The van der Waals surface area contributed by atoms with Gasteiger partial charge in [0, 0.05) is 24.7 Å². The molecule has 5 aliphatic rings. The lowest BCUT2D eigenvalue weighted by atomic mass is 9.48. The van der Waals surface area contributed by atoms with Gasteiger partial charge in [0.15, 0.2) is 11.5 Å². The summed E-state index contributed by atoms with van der Waals surface area (Å²) in [5.41, 5.74) is 1.38. The highest BCUT2D eigenvalue weighted by molar-refractivity contribution is 6.42. The van der Waals surface area contributed by atoms with Crippen molar-refractivity contribution < 1.29 is 19.7 Å². The number of carbonyl (C=O) groups excluding carboxylic acids is 1. The first-order valence-electron chi connectivity index (χ1n) is 14.0. The summed E-state index contributed by atoms with van der Waals surface area (Å²) in [5.74, 6) is 1.38. The monoisotopic (exact) mass is 556 g/mol. The Morgan fingerprint density at radius 2 is 1.97 bits per heavy atom. The summed E-state index contributed by atoms with van der Waals surface area (Å²) in [4.78, 5) is 18.2. The number of amides is 1. The molecule has 8 heteroatoms. The van der Waals surface area contributed by atoms with Crippen LogP contribution in [-0.2, 0) is 23.1 Å². The second-order valence-corrected chi connectivity index (χ2v) is 12.8. The highest BCUT2D eigenvalue weighted by Gasteiger charge is 2.73. The summed E-state index contributed by atoms with van der Waals surface area (Å²) in [6.45, 7) is 4.47. The van der Waals surface area contributed by atoms with Crippen molar-refractivity contribution in [2.45, 2.75) is 81.1 Å². The number of likely N-dealkylation sites (N-methyl/N-ethyl adjacent to an activating group) is 1. The predicted molar refractivity (Wildman–Crippen MR) is 146 cm³/mol.